The van der Waals surface area contributed by atoms with Crippen LogP contribution >= 0.6 is 11.3 Å². The Morgan fingerprint density at radius 2 is 1.77 bits per heavy atom. The van der Waals surface area contributed by atoms with Crippen LogP contribution in [-0.4, -0.2) is 37.3 Å². The first-order chi connectivity index (χ1) is 15.0. The number of aromatic nitrogens is 1. The van der Waals surface area contributed by atoms with E-state index in [1.807, 2.05) is 18.2 Å². The van der Waals surface area contributed by atoms with Crippen LogP contribution in [-0.2, 0) is 34.3 Å². The van der Waals surface area contributed by atoms with Gasteiger partial charge < -0.3 is 5.32 Å². The van der Waals surface area contributed by atoms with Crippen molar-refractivity contribution in [3.05, 3.63) is 76.8 Å². The molecule has 2 N–H and O–H groups in total. The highest BCUT2D eigenvalue weighted by atomic mass is 32.2. The van der Waals surface area contributed by atoms with Crippen molar-refractivity contribution < 1.29 is 13.2 Å². The third kappa shape index (κ3) is 5.76. The number of fused-ring (bicyclic) bond motifs is 1. The van der Waals surface area contributed by atoms with Gasteiger partial charge in [-0.25, -0.2) is 18.1 Å². The molecule has 162 valence electrons. The molecule has 2 aromatic carbocycles. The quantitative estimate of drug-likeness (QED) is 0.544. The number of nitrogens with zero attached hydrogens (tertiary/aromatic N) is 2. The smallest absolute Gasteiger partial charge is 0.240 e. The number of thiazole rings is 1. The van der Waals surface area contributed by atoms with Crippen molar-refractivity contribution in [1.82, 2.24) is 14.6 Å². The maximum atomic E-state index is 12.3. The van der Waals surface area contributed by atoms with E-state index < -0.39 is 10.0 Å². The van der Waals surface area contributed by atoms with Gasteiger partial charge in [-0.3, -0.25) is 9.69 Å². The van der Waals surface area contributed by atoms with E-state index in [0.717, 1.165) is 31.7 Å². The van der Waals surface area contributed by atoms with Gasteiger partial charge in [0.25, 0.3) is 0 Å². The molecular weight excluding hydrogens is 432 g/mol. The van der Waals surface area contributed by atoms with Crippen LogP contribution in [0.15, 0.2) is 65.6 Å². The highest BCUT2D eigenvalue weighted by Crippen LogP contribution is 2.29. The molecule has 1 aliphatic rings. The number of anilines is 1. The monoisotopic (exact) mass is 456 g/mol. The number of hydrogen-bond acceptors (Lipinski definition) is 6. The third-order valence-corrected chi connectivity index (χ3v) is 7.48. The van der Waals surface area contributed by atoms with E-state index in [0.29, 0.717) is 5.13 Å². The van der Waals surface area contributed by atoms with E-state index in [1.54, 1.807) is 18.2 Å². The summed E-state index contributed by atoms with van der Waals surface area (Å²) in [6.45, 7) is 2.66. The molecule has 0 spiro atoms. The lowest BCUT2D eigenvalue weighted by atomic mass is 10.1. The molecule has 31 heavy (non-hydrogen) atoms. The molecule has 7 nitrogen and oxygen atoms in total. The van der Waals surface area contributed by atoms with Gasteiger partial charge in [0.15, 0.2) is 5.13 Å². The molecule has 3 aromatic rings. The summed E-state index contributed by atoms with van der Waals surface area (Å²) in [5.74, 6) is -0.261. The topological polar surface area (TPSA) is 91.4 Å². The van der Waals surface area contributed by atoms with Crippen molar-refractivity contribution in [1.29, 1.82) is 0 Å². The first-order valence-corrected chi connectivity index (χ1v) is 12.4. The first-order valence-electron chi connectivity index (χ1n) is 10.1. The minimum absolute atomic E-state index is 0.0268. The van der Waals surface area contributed by atoms with E-state index >= 15 is 0 Å². The van der Waals surface area contributed by atoms with Crippen molar-refractivity contribution in [2.75, 3.05) is 18.4 Å². The second-order valence-corrected chi connectivity index (χ2v) is 10.2. The number of benzene rings is 2. The molecule has 0 unspecified atom stereocenters. The largest absolute Gasteiger partial charge is 0.302 e. The van der Waals surface area contributed by atoms with Gasteiger partial charge in [0, 0.05) is 43.9 Å². The van der Waals surface area contributed by atoms with Gasteiger partial charge in [0.1, 0.15) is 0 Å². The van der Waals surface area contributed by atoms with Gasteiger partial charge >= 0.3 is 0 Å². The van der Waals surface area contributed by atoms with Crippen LogP contribution in [0.5, 0.6) is 0 Å². The van der Waals surface area contributed by atoms with Crippen LogP contribution in [0, 0.1) is 0 Å². The van der Waals surface area contributed by atoms with E-state index in [4.69, 9.17) is 0 Å². The van der Waals surface area contributed by atoms with Crippen molar-refractivity contribution in [3.63, 3.8) is 0 Å². The summed E-state index contributed by atoms with van der Waals surface area (Å²) < 4.78 is 26.9. The standard InChI is InChI=1S/C22H24N4O3S2/c27-21(11-13-23-31(28,29)18-9-5-2-6-10-18)25-22-24-19-12-14-26(16-20(19)30-22)15-17-7-3-1-4-8-17/h1-10,23H,11-16H2,(H,24,25,27). The Bertz CT molecular complexity index is 1130. The number of carbonyl (C=O) groups excluding carboxylic acids is 1. The number of carbonyl (C=O) groups is 1. The molecule has 2 heterocycles. The van der Waals surface area contributed by atoms with Crippen molar-refractivity contribution >= 4 is 32.4 Å². The maximum absolute atomic E-state index is 12.3. The molecule has 1 amide bonds. The average Bonchev–Trinajstić information content (AvgIpc) is 3.16. The minimum Gasteiger partial charge on any atom is -0.302 e. The summed E-state index contributed by atoms with van der Waals surface area (Å²) in [5.41, 5.74) is 2.32. The van der Waals surface area contributed by atoms with Crippen LogP contribution in [0.25, 0.3) is 0 Å². The fourth-order valence-corrected chi connectivity index (χ4v) is 5.56. The van der Waals surface area contributed by atoms with Crippen molar-refractivity contribution in [2.24, 2.45) is 0 Å². The Kier molecular flexibility index (Phi) is 6.77. The molecular formula is C22H24N4O3S2. The molecule has 0 aliphatic carbocycles. The minimum atomic E-state index is -3.61. The van der Waals surface area contributed by atoms with E-state index in [2.05, 4.69) is 32.1 Å². The van der Waals surface area contributed by atoms with Crippen LogP contribution in [0.2, 0.25) is 0 Å². The molecule has 0 saturated heterocycles. The maximum Gasteiger partial charge on any atom is 0.240 e. The second-order valence-electron chi connectivity index (χ2n) is 7.34. The number of hydrogen-bond donors (Lipinski definition) is 2. The fraction of sp³-hybridized carbons (Fsp3) is 0.273. The van der Waals surface area contributed by atoms with E-state index in [1.165, 1.54) is 33.9 Å². The van der Waals surface area contributed by atoms with Crippen LogP contribution in [0.1, 0.15) is 22.6 Å². The molecule has 0 fully saturated rings. The highest BCUT2D eigenvalue weighted by molar-refractivity contribution is 7.89. The van der Waals surface area contributed by atoms with E-state index in [-0.39, 0.29) is 23.8 Å². The van der Waals surface area contributed by atoms with Gasteiger partial charge in [0.05, 0.1) is 10.6 Å². The highest BCUT2D eigenvalue weighted by Gasteiger charge is 2.21. The Morgan fingerprint density at radius 1 is 1.06 bits per heavy atom. The van der Waals surface area contributed by atoms with Gasteiger partial charge in [0.2, 0.25) is 15.9 Å². The first kappa shape index (κ1) is 21.6. The number of rotatable bonds is 8. The molecule has 1 aliphatic heterocycles. The Morgan fingerprint density at radius 3 is 2.52 bits per heavy atom. The molecule has 4 rings (SSSR count). The lowest BCUT2D eigenvalue weighted by molar-refractivity contribution is -0.116. The number of sulfonamides is 1. The molecule has 1 aromatic heterocycles. The van der Waals surface area contributed by atoms with Gasteiger partial charge in [-0.05, 0) is 17.7 Å². The lowest BCUT2D eigenvalue weighted by Crippen LogP contribution is -2.29. The SMILES string of the molecule is O=C(CCNS(=O)(=O)c1ccccc1)Nc1nc2c(s1)CN(Cc1ccccc1)CC2. The zero-order valence-corrected chi connectivity index (χ0v) is 18.6. The van der Waals surface area contributed by atoms with Crippen LogP contribution in [0.3, 0.4) is 0 Å². The average molecular weight is 457 g/mol. The van der Waals surface area contributed by atoms with Crippen LogP contribution in [0.4, 0.5) is 5.13 Å². The van der Waals surface area contributed by atoms with Crippen LogP contribution < -0.4 is 10.0 Å². The lowest BCUT2D eigenvalue weighted by Gasteiger charge is -2.25. The molecule has 9 heteroatoms. The Hall–Kier alpha value is -2.59. The Balaban J connectivity index is 1.27. The number of nitrogens with one attached hydrogen (secondary N) is 2. The zero-order chi connectivity index (χ0) is 21.7. The summed E-state index contributed by atoms with van der Waals surface area (Å²) >= 11 is 1.49. The summed E-state index contributed by atoms with van der Waals surface area (Å²) in [4.78, 5) is 20.5. The van der Waals surface area contributed by atoms with Gasteiger partial charge in [-0.15, -0.1) is 11.3 Å². The zero-order valence-electron chi connectivity index (χ0n) is 17.0. The third-order valence-electron chi connectivity index (χ3n) is 5.00. The van der Waals surface area contributed by atoms with Crippen molar-refractivity contribution in [3.8, 4) is 0 Å². The summed E-state index contributed by atoms with van der Waals surface area (Å²) in [6.07, 6.45) is 0.891. The summed E-state index contributed by atoms with van der Waals surface area (Å²) in [5, 5.41) is 3.38. The van der Waals surface area contributed by atoms with Gasteiger partial charge in [-0.2, -0.15) is 0 Å². The molecule has 0 bridgehead atoms. The predicted octanol–water partition coefficient (Wildman–Crippen LogP) is 3.01. The summed E-state index contributed by atoms with van der Waals surface area (Å²) in [7, 11) is -3.61. The van der Waals surface area contributed by atoms with Crippen molar-refractivity contribution in [2.45, 2.75) is 30.8 Å². The fourth-order valence-electron chi connectivity index (χ4n) is 3.44. The normalized spacial score (nSPS) is 14.2. The van der Waals surface area contributed by atoms with E-state index in [9.17, 15) is 13.2 Å². The molecule has 0 radical (unpaired) electrons. The summed E-state index contributed by atoms with van der Waals surface area (Å²) in [6, 6.07) is 18.5. The molecule has 0 atom stereocenters. The second kappa shape index (κ2) is 9.69. The number of amides is 1. The Labute approximate surface area is 186 Å². The molecule has 0 saturated carbocycles. The predicted molar refractivity (Wildman–Crippen MR) is 121 cm³/mol. The van der Waals surface area contributed by atoms with Gasteiger partial charge in [-0.1, -0.05) is 48.5 Å².